The Morgan fingerprint density at radius 1 is 1.24 bits per heavy atom. The lowest BCUT2D eigenvalue weighted by molar-refractivity contribution is -0.117. The molecule has 29 heavy (non-hydrogen) atoms. The zero-order valence-corrected chi connectivity index (χ0v) is 15.8. The van der Waals surface area contributed by atoms with Crippen molar-refractivity contribution in [3.05, 3.63) is 71.8 Å². The monoisotopic (exact) mass is 389 g/mol. The molecule has 0 bridgehead atoms. The number of methoxy groups -OCH3 is 1. The lowest BCUT2D eigenvalue weighted by Crippen LogP contribution is -2.35. The number of rotatable bonds is 7. The van der Waals surface area contributed by atoms with Crippen molar-refractivity contribution in [3.8, 4) is 17.6 Å². The van der Waals surface area contributed by atoms with E-state index in [9.17, 15) is 9.59 Å². The Morgan fingerprint density at radius 3 is 2.66 bits per heavy atom. The number of benzene rings is 2. The molecule has 2 amide bonds. The first kappa shape index (κ1) is 19.7. The zero-order valence-electron chi connectivity index (χ0n) is 15.8. The average Bonchev–Trinajstić information content (AvgIpc) is 3.01. The normalized spacial score (nSPS) is 14.5. The van der Waals surface area contributed by atoms with E-state index in [4.69, 9.17) is 14.7 Å². The molecule has 0 saturated carbocycles. The first-order valence-corrected chi connectivity index (χ1v) is 8.82. The van der Waals surface area contributed by atoms with Crippen molar-refractivity contribution in [1.29, 1.82) is 5.26 Å². The van der Waals surface area contributed by atoms with Gasteiger partial charge in [-0.2, -0.15) is 5.26 Å². The Balaban J connectivity index is 2.00. The fourth-order valence-electron chi connectivity index (χ4n) is 2.98. The molecule has 0 radical (unpaired) electrons. The number of carbonyl (C=O) groups is 2. The molecule has 1 aliphatic rings. The minimum atomic E-state index is -0.493. The lowest BCUT2D eigenvalue weighted by Gasteiger charge is -2.14. The number of amides is 2. The summed E-state index contributed by atoms with van der Waals surface area (Å²) in [4.78, 5) is 25.2. The molecule has 7 heteroatoms. The van der Waals surface area contributed by atoms with Crippen LogP contribution in [0.4, 0.5) is 5.69 Å². The van der Waals surface area contributed by atoms with Gasteiger partial charge in [0, 0.05) is 5.56 Å². The van der Waals surface area contributed by atoms with Crippen LogP contribution in [0.25, 0.3) is 6.08 Å². The van der Waals surface area contributed by atoms with Gasteiger partial charge in [0.15, 0.2) is 18.1 Å². The summed E-state index contributed by atoms with van der Waals surface area (Å²) in [5, 5.41) is 10.0. The maximum Gasteiger partial charge on any atom is 0.282 e. The summed E-state index contributed by atoms with van der Waals surface area (Å²) in [5.41, 5.74) is 4.46. The van der Waals surface area contributed by atoms with Crippen molar-refractivity contribution < 1.29 is 19.1 Å². The number of allylic oxidation sites excluding steroid dienone is 1. The number of hydrazine groups is 1. The Bertz CT molecular complexity index is 1020. The highest BCUT2D eigenvalue weighted by Crippen LogP contribution is 2.34. The molecule has 146 valence electrons. The molecular weight excluding hydrogens is 370 g/mol. The third kappa shape index (κ3) is 4.12. The van der Waals surface area contributed by atoms with Gasteiger partial charge < -0.3 is 9.47 Å². The topological polar surface area (TPSA) is 91.7 Å². The minimum Gasteiger partial charge on any atom is -0.493 e. The SMILES string of the molecule is C=CCc1cc(C=C2C(=O)NN(c3ccccc3)C2=O)cc(OC)c1OCC#N. The molecule has 3 rings (SSSR count). The summed E-state index contributed by atoms with van der Waals surface area (Å²) in [6.07, 6.45) is 3.66. The van der Waals surface area contributed by atoms with Gasteiger partial charge in [-0.25, -0.2) is 5.01 Å². The predicted octanol–water partition coefficient (Wildman–Crippen LogP) is 2.79. The van der Waals surface area contributed by atoms with E-state index in [0.29, 0.717) is 29.2 Å². The van der Waals surface area contributed by atoms with Crippen LogP contribution in [0.5, 0.6) is 11.5 Å². The molecule has 0 aliphatic carbocycles. The van der Waals surface area contributed by atoms with Crippen LogP contribution in [0.15, 0.2) is 60.7 Å². The second-order valence-corrected chi connectivity index (χ2v) is 6.13. The number of para-hydroxylation sites is 1. The molecule has 2 aromatic rings. The highest BCUT2D eigenvalue weighted by atomic mass is 16.5. The molecule has 0 atom stereocenters. The number of hydrogen-bond donors (Lipinski definition) is 1. The van der Waals surface area contributed by atoms with Gasteiger partial charge >= 0.3 is 0 Å². The molecule has 0 aromatic heterocycles. The van der Waals surface area contributed by atoms with E-state index in [0.717, 1.165) is 5.56 Å². The first-order chi connectivity index (χ1) is 14.1. The molecule has 1 heterocycles. The molecule has 7 nitrogen and oxygen atoms in total. The number of ether oxygens (including phenoxy) is 2. The zero-order chi connectivity index (χ0) is 20.8. The smallest absolute Gasteiger partial charge is 0.282 e. The molecular formula is C22H19N3O4. The Kier molecular flexibility index (Phi) is 5.95. The van der Waals surface area contributed by atoms with E-state index >= 15 is 0 Å². The lowest BCUT2D eigenvalue weighted by atomic mass is 10.0. The van der Waals surface area contributed by atoms with Gasteiger partial charge in [-0.1, -0.05) is 24.3 Å². The van der Waals surface area contributed by atoms with E-state index < -0.39 is 11.8 Å². The van der Waals surface area contributed by atoms with Crippen molar-refractivity contribution in [2.75, 3.05) is 18.7 Å². The second kappa shape index (κ2) is 8.76. The number of nitriles is 1. The number of anilines is 1. The van der Waals surface area contributed by atoms with Gasteiger partial charge in [0.2, 0.25) is 0 Å². The summed E-state index contributed by atoms with van der Waals surface area (Å²) in [7, 11) is 1.48. The van der Waals surface area contributed by atoms with Crippen LogP contribution < -0.4 is 19.9 Å². The van der Waals surface area contributed by atoms with Gasteiger partial charge in [-0.3, -0.25) is 15.0 Å². The third-order valence-electron chi connectivity index (χ3n) is 4.24. The van der Waals surface area contributed by atoms with Crippen LogP contribution in [0.3, 0.4) is 0 Å². The Hall–Kier alpha value is -4.05. The van der Waals surface area contributed by atoms with Crippen LogP contribution >= 0.6 is 0 Å². The second-order valence-electron chi connectivity index (χ2n) is 6.13. The van der Waals surface area contributed by atoms with E-state index in [1.807, 2.05) is 12.1 Å². The number of nitrogens with zero attached hydrogens (tertiary/aromatic N) is 2. The first-order valence-electron chi connectivity index (χ1n) is 8.82. The summed E-state index contributed by atoms with van der Waals surface area (Å²) < 4.78 is 10.9. The molecule has 0 unspecified atom stereocenters. The van der Waals surface area contributed by atoms with Gasteiger partial charge in [-0.15, -0.1) is 6.58 Å². The van der Waals surface area contributed by atoms with E-state index in [1.165, 1.54) is 18.2 Å². The van der Waals surface area contributed by atoms with Gasteiger partial charge in [0.25, 0.3) is 11.8 Å². The minimum absolute atomic E-state index is 0.00570. The number of hydrogen-bond acceptors (Lipinski definition) is 5. The maximum absolute atomic E-state index is 12.8. The largest absolute Gasteiger partial charge is 0.493 e. The molecule has 2 aromatic carbocycles. The van der Waals surface area contributed by atoms with Crippen molar-refractivity contribution in [2.24, 2.45) is 0 Å². The van der Waals surface area contributed by atoms with Crippen LogP contribution in [0.2, 0.25) is 0 Å². The standard InChI is InChI=1S/C22H19N3O4/c1-3-7-16-12-15(14-19(28-2)20(16)29-11-10-23)13-18-21(26)24-25(22(18)27)17-8-5-4-6-9-17/h3-6,8-9,12-14H,1,7,11H2,2H3,(H,24,26). The molecule has 1 N–H and O–H groups in total. The summed E-state index contributed by atoms with van der Waals surface area (Å²) >= 11 is 0. The quantitative estimate of drug-likeness (QED) is 0.447. The van der Waals surface area contributed by atoms with E-state index in [-0.39, 0.29) is 12.2 Å². The van der Waals surface area contributed by atoms with Crippen molar-refractivity contribution in [1.82, 2.24) is 5.43 Å². The van der Waals surface area contributed by atoms with Gasteiger partial charge in [0.1, 0.15) is 11.6 Å². The highest BCUT2D eigenvalue weighted by molar-refractivity contribution is 6.31. The molecule has 1 saturated heterocycles. The summed E-state index contributed by atoms with van der Waals surface area (Å²) in [6.45, 7) is 3.60. The fraction of sp³-hybridized carbons (Fsp3) is 0.136. The van der Waals surface area contributed by atoms with Crippen LogP contribution in [0, 0.1) is 11.3 Å². The fourth-order valence-corrected chi connectivity index (χ4v) is 2.98. The molecule has 1 fully saturated rings. The van der Waals surface area contributed by atoms with Crippen LogP contribution in [0.1, 0.15) is 11.1 Å². The predicted molar refractivity (Wildman–Crippen MR) is 108 cm³/mol. The Morgan fingerprint density at radius 2 is 2.00 bits per heavy atom. The van der Waals surface area contributed by atoms with Crippen molar-refractivity contribution in [2.45, 2.75) is 6.42 Å². The van der Waals surface area contributed by atoms with E-state index in [1.54, 1.807) is 42.5 Å². The maximum atomic E-state index is 12.8. The van der Waals surface area contributed by atoms with Gasteiger partial charge in [0.05, 0.1) is 12.8 Å². The highest BCUT2D eigenvalue weighted by Gasteiger charge is 2.34. The average molecular weight is 389 g/mol. The van der Waals surface area contributed by atoms with E-state index in [2.05, 4.69) is 12.0 Å². The Labute approximate surface area is 168 Å². The molecule has 1 aliphatic heterocycles. The van der Waals surface area contributed by atoms with Crippen LogP contribution in [-0.2, 0) is 16.0 Å². The number of nitrogens with one attached hydrogen (secondary N) is 1. The summed E-state index contributed by atoms with van der Waals surface area (Å²) in [5.74, 6) is -0.107. The molecule has 0 spiro atoms. The van der Waals surface area contributed by atoms with Crippen molar-refractivity contribution >= 4 is 23.6 Å². The van der Waals surface area contributed by atoms with Gasteiger partial charge in [-0.05, 0) is 42.3 Å². The number of carbonyl (C=O) groups excluding carboxylic acids is 2. The summed E-state index contributed by atoms with van der Waals surface area (Å²) in [6, 6.07) is 14.2. The van der Waals surface area contributed by atoms with Crippen molar-refractivity contribution in [3.63, 3.8) is 0 Å². The third-order valence-corrected chi connectivity index (χ3v) is 4.24. The van der Waals surface area contributed by atoms with Crippen LogP contribution in [-0.4, -0.2) is 25.5 Å².